The van der Waals surface area contributed by atoms with Crippen LogP contribution in [0.25, 0.3) is 0 Å². The van der Waals surface area contributed by atoms with E-state index in [1.165, 1.54) is 19.2 Å². The molecule has 1 aromatic heterocycles. The molecule has 0 spiro atoms. The molecule has 0 saturated heterocycles. The summed E-state index contributed by atoms with van der Waals surface area (Å²) in [5, 5.41) is 5.34. The second-order valence-corrected chi connectivity index (χ2v) is 4.55. The molecule has 1 amide bonds. The number of pyridine rings is 1. The molecule has 1 heterocycles. The molecule has 112 valence electrons. The van der Waals surface area contributed by atoms with E-state index in [0.717, 1.165) is 13.0 Å². The number of halogens is 3. The summed E-state index contributed by atoms with van der Waals surface area (Å²) in [7, 11) is 0. The Bertz CT molecular complexity index is 431. The van der Waals surface area contributed by atoms with Gasteiger partial charge in [-0.2, -0.15) is 13.2 Å². The number of hydrogen-bond donors (Lipinski definition) is 2. The second-order valence-electron chi connectivity index (χ2n) is 4.55. The fourth-order valence-corrected chi connectivity index (χ4v) is 1.59. The molecule has 0 aromatic carbocycles. The zero-order valence-electron chi connectivity index (χ0n) is 11.4. The van der Waals surface area contributed by atoms with Crippen LogP contribution in [0.1, 0.15) is 37.0 Å². The minimum atomic E-state index is -4.29. The number of amides is 1. The van der Waals surface area contributed by atoms with Crippen molar-refractivity contribution in [3.63, 3.8) is 0 Å². The molecular formula is C13H18F3N3O. The lowest BCUT2D eigenvalue weighted by molar-refractivity contribution is -0.138. The smallest absolute Gasteiger partial charge is 0.370 e. The summed E-state index contributed by atoms with van der Waals surface area (Å²) in [4.78, 5) is 15.8. The molecule has 7 heteroatoms. The molecule has 0 radical (unpaired) electrons. The zero-order chi connectivity index (χ0) is 15.2. The van der Waals surface area contributed by atoms with Gasteiger partial charge in [0, 0.05) is 18.8 Å². The molecule has 0 aliphatic heterocycles. The summed E-state index contributed by atoms with van der Waals surface area (Å²) in [6.07, 6.45) is -3.06. The van der Waals surface area contributed by atoms with Gasteiger partial charge in [-0.3, -0.25) is 4.79 Å². The van der Waals surface area contributed by atoms with Crippen LogP contribution in [0.2, 0.25) is 0 Å². The van der Waals surface area contributed by atoms with Crippen molar-refractivity contribution in [2.75, 3.05) is 11.9 Å². The SMILES string of the molecule is CCCNc1ccc(C(=O)NC(C)CC(F)(F)F)cn1. The number of rotatable bonds is 6. The number of aromatic nitrogens is 1. The van der Waals surface area contributed by atoms with E-state index in [9.17, 15) is 18.0 Å². The monoisotopic (exact) mass is 289 g/mol. The van der Waals surface area contributed by atoms with Crippen molar-refractivity contribution in [2.24, 2.45) is 0 Å². The van der Waals surface area contributed by atoms with E-state index in [-0.39, 0.29) is 5.56 Å². The van der Waals surface area contributed by atoms with Crippen molar-refractivity contribution in [1.82, 2.24) is 10.3 Å². The number of carbonyl (C=O) groups excluding carboxylic acids is 1. The van der Waals surface area contributed by atoms with Gasteiger partial charge in [-0.05, 0) is 25.5 Å². The fourth-order valence-electron chi connectivity index (χ4n) is 1.59. The van der Waals surface area contributed by atoms with Gasteiger partial charge in [-0.25, -0.2) is 4.98 Å². The number of nitrogens with one attached hydrogen (secondary N) is 2. The van der Waals surface area contributed by atoms with Crippen LogP contribution in [0.5, 0.6) is 0 Å². The average molecular weight is 289 g/mol. The van der Waals surface area contributed by atoms with Crippen LogP contribution in [0.4, 0.5) is 19.0 Å². The molecule has 0 aliphatic rings. The van der Waals surface area contributed by atoms with Crippen LogP contribution in [0, 0.1) is 0 Å². The molecule has 0 aliphatic carbocycles. The van der Waals surface area contributed by atoms with Crippen molar-refractivity contribution in [1.29, 1.82) is 0 Å². The lowest BCUT2D eigenvalue weighted by Gasteiger charge is -2.15. The molecular weight excluding hydrogens is 271 g/mol. The molecule has 4 nitrogen and oxygen atoms in total. The normalized spacial score (nSPS) is 12.8. The Morgan fingerprint density at radius 1 is 1.40 bits per heavy atom. The molecule has 0 fully saturated rings. The van der Waals surface area contributed by atoms with Gasteiger partial charge in [-0.1, -0.05) is 6.92 Å². The number of alkyl halides is 3. The van der Waals surface area contributed by atoms with Crippen LogP contribution >= 0.6 is 0 Å². The maximum Gasteiger partial charge on any atom is 0.391 e. The van der Waals surface area contributed by atoms with Crippen molar-refractivity contribution in [2.45, 2.75) is 38.9 Å². The first-order valence-electron chi connectivity index (χ1n) is 6.39. The van der Waals surface area contributed by atoms with E-state index < -0.39 is 24.5 Å². The van der Waals surface area contributed by atoms with E-state index in [0.29, 0.717) is 5.82 Å². The van der Waals surface area contributed by atoms with E-state index in [1.807, 2.05) is 6.92 Å². The second kappa shape index (κ2) is 7.12. The van der Waals surface area contributed by atoms with E-state index >= 15 is 0 Å². The summed E-state index contributed by atoms with van der Waals surface area (Å²) >= 11 is 0. The number of anilines is 1. The molecule has 2 N–H and O–H groups in total. The van der Waals surface area contributed by atoms with Crippen LogP contribution in [0.15, 0.2) is 18.3 Å². The van der Waals surface area contributed by atoms with Crippen LogP contribution < -0.4 is 10.6 Å². The van der Waals surface area contributed by atoms with Gasteiger partial charge < -0.3 is 10.6 Å². The lowest BCUT2D eigenvalue weighted by Crippen LogP contribution is -2.36. The van der Waals surface area contributed by atoms with Gasteiger partial charge in [0.2, 0.25) is 0 Å². The Labute approximate surface area is 115 Å². The maximum absolute atomic E-state index is 12.2. The molecule has 0 bridgehead atoms. The van der Waals surface area contributed by atoms with Gasteiger partial charge in [0.15, 0.2) is 0 Å². The number of hydrogen-bond acceptors (Lipinski definition) is 3. The Kier molecular flexibility index (Phi) is 5.79. The van der Waals surface area contributed by atoms with Crippen molar-refractivity contribution in [3.8, 4) is 0 Å². The lowest BCUT2D eigenvalue weighted by atomic mass is 10.2. The van der Waals surface area contributed by atoms with E-state index in [4.69, 9.17) is 0 Å². The highest BCUT2D eigenvalue weighted by atomic mass is 19.4. The quantitative estimate of drug-likeness (QED) is 0.846. The Hall–Kier alpha value is -1.79. The minimum Gasteiger partial charge on any atom is -0.370 e. The molecule has 1 aromatic rings. The summed E-state index contributed by atoms with van der Waals surface area (Å²) in [5.41, 5.74) is 0.237. The highest BCUT2D eigenvalue weighted by Crippen LogP contribution is 2.21. The fraction of sp³-hybridized carbons (Fsp3) is 0.538. The van der Waals surface area contributed by atoms with E-state index in [2.05, 4.69) is 15.6 Å². The zero-order valence-corrected chi connectivity index (χ0v) is 11.4. The highest BCUT2D eigenvalue weighted by molar-refractivity contribution is 5.94. The average Bonchev–Trinajstić information content (AvgIpc) is 2.34. The minimum absolute atomic E-state index is 0.237. The number of carbonyl (C=O) groups is 1. The molecule has 1 rings (SSSR count). The summed E-state index contributed by atoms with van der Waals surface area (Å²) in [6.45, 7) is 4.09. The third-order valence-electron chi connectivity index (χ3n) is 2.50. The Morgan fingerprint density at radius 2 is 2.10 bits per heavy atom. The third-order valence-corrected chi connectivity index (χ3v) is 2.50. The Balaban J connectivity index is 2.55. The van der Waals surface area contributed by atoms with Crippen molar-refractivity contribution >= 4 is 11.7 Å². The predicted molar refractivity (Wildman–Crippen MR) is 70.6 cm³/mol. The van der Waals surface area contributed by atoms with Gasteiger partial charge in [0.05, 0.1) is 12.0 Å². The van der Waals surface area contributed by atoms with Crippen molar-refractivity contribution < 1.29 is 18.0 Å². The first-order chi connectivity index (χ1) is 9.31. The van der Waals surface area contributed by atoms with Gasteiger partial charge in [0.25, 0.3) is 5.91 Å². The van der Waals surface area contributed by atoms with Crippen LogP contribution in [-0.2, 0) is 0 Å². The maximum atomic E-state index is 12.2. The van der Waals surface area contributed by atoms with Gasteiger partial charge >= 0.3 is 6.18 Å². The van der Waals surface area contributed by atoms with Crippen molar-refractivity contribution in [3.05, 3.63) is 23.9 Å². The largest absolute Gasteiger partial charge is 0.391 e. The first kappa shape index (κ1) is 16.3. The molecule has 1 atom stereocenters. The molecule has 1 unspecified atom stereocenters. The number of nitrogens with zero attached hydrogens (tertiary/aromatic N) is 1. The summed E-state index contributed by atoms with van der Waals surface area (Å²) in [5.74, 6) is 0.0723. The standard InChI is InChI=1S/C13H18F3N3O/c1-3-6-17-11-5-4-10(8-18-11)12(20)19-9(2)7-13(14,15)16/h4-5,8-9H,3,6-7H2,1-2H3,(H,17,18)(H,19,20). The first-order valence-corrected chi connectivity index (χ1v) is 6.39. The van der Waals surface area contributed by atoms with Gasteiger partial charge in [0.1, 0.15) is 5.82 Å². The topological polar surface area (TPSA) is 54.0 Å². The van der Waals surface area contributed by atoms with Crippen LogP contribution in [0.3, 0.4) is 0 Å². The molecule has 0 saturated carbocycles. The highest BCUT2D eigenvalue weighted by Gasteiger charge is 2.30. The Morgan fingerprint density at radius 3 is 2.60 bits per heavy atom. The summed E-state index contributed by atoms with van der Waals surface area (Å²) < 4.78 is 36.5. The predicted octanol–water partition coefficient (Wildman–Crippen LogP) is 2.97. The third kappa shape index (κ3) is 5.90. The van der Waals surface area contributed by atoms with Crippen LogP contribution in [-0.4, -0.2) is 29.7 Å². The molecule has 20 heavy (non-hydrogen) atoms. The summed E-state index contributed by atoms with van der Waals surface area (Å²) in [6, 6.07) is 2.18. The van der Waals surface area contributed by atoms with E-state index in [1.54, 1.807) is 6.07 Å². The van der Waals surface area contributed by atoms with Gasteiger partial charge in [-0.15, -0.1) is 0 Å².